The molecule has 1 heterocycles. The molecule has 0 saturated heterocycles. The zero-order valence-corrected chi connectivity index (χ0v) is 9.35. The molecule has 0 saturated carbocycles. The highest BCUT2D eigenvalue weighted by atomic mass is 19.1. The van der Waals surface area contributed by atoms with Crippen LogP contribution in [0, 0.1) is 5.82 Å². The standard InChI is InChI=1S/C12H12FN3O/c1-2-16(11-6-4-3-5-10(11)13)12(17)9-7-14-15-8-9/h3-8H,2H2,1H3,(H,14,15). The second-order valence-corrected chi connectivity index (χ2v) is 3.49. The van der Waals surface area contributed by atoms with Crippen molar-refractivity contribution in [2.45, 2.75) is 6.92 Å². The van der Waals surface area contributed by atoms with Crippen LogP contribution >= 0.6 is 0 Å². The SMILES string of the molecule is CCN(C(=O)c1cn[nH]c1)c1ccccc1F. The van der Waals surface area contributed by atoms with Crippen molar-refractivity contribution < 1.29 is 9.18 Å². The Hall–Kier alpha value is -2.17. The lowest BCUT2D eigenvalue weighted by atomic mass is 10.2. The number of aromatic amines is 1. The normalized spacial score (nSPS) is 10.2. The number of aromatic nitrogens is 2. The largest absolute Gasteiger partial charge is 0.306 e. The van der Waals surface area contributed by atoms with Crippen molar-refractivity contribution in [3.05, 3.63) is 48.0 Å². The topological polar surface area (TPSA) is 49.0 Å². The second kappa shape index (κ2) is 4.78. The maximum Gasteiger partial charge on any atom is 0.261 e. The zero-order chi connectivity index (χ0) is 12.3. The molecule has 0 unspecified atom stereocenters. The van der Waals surface area contributed by atoms with Gasteiger partial charge in [0, 0.05) is 12.7 Å². The maximum atomic E-state index is 13.6. The van der Waals surface area contributed by atoms with Crippen LogP contribution in [-0.2, 0) is 0 Å². The second-order valence-electron chi connectivity index (χ2n) is 3.49. The number of amides is 1. The van der Waals surface area contributed by atoms with Crippen molar-refractivity contribution in [2.75, 3.05) is 11.4 Å². The molecule has 1 amide bonds. The Bertz CT molecular complexity index is 510. The molecular weight excluding hydrogens is 221 g/mol. The number of benzene rings is 1. The molecule has 2 aromatic rings. The van der Waals surface area contributed by atoms with E-state index in [-0.39, 0.29) is 11.6 Å². The van der Waals surface area contributed by atoms with Crippen LogP contribution in [0.15, 0.2) is 36.7 Å². The Morgan fingerprint density at radius 1 is 1.47 bits per heavy atom. The molecule has 0 aliphatic carbocycles. The number of H-pyrrole nitrogens is 1. The van der Waals surface area contributed by atoms with E-state index in [1.54, 1.807) is 25.1 Å². The first-order valence-electron chi connectivity index (χ1n) is 5.29. The van der Waals surface area contributed by atoms with Crippen LogP contribution in [0.4, 0.5) is 10.1 Å². The molecule has 1 aromatic heterocycles. The van der Waals surface area contributed by atoms with E-state index in [9.17, 15) is 9.18 Å². The summed E-state index contributed by atoms with van der Waals surface area (Å²) < 4.78 is 13.6. The van der Waals surface area contributed by atoms with Crippen LogP contribution in [0.2, 0.25) is 0 Å². The molecule has 0 radical (unpaired) electrons. The lowest BCUT2D eigenvalue weighted by Crippen LogP contribution is -2.31. The van der Waals surface area contributed by atoms with Gasteiger partial charge in [-0.2, -0.15) is 5.10 Å². The van der Waals surface area contributed by atoms with Gasteiger partial charge in [0.25, 0.3) is 5.91 Å². The minimum Gasteiger partial charge on any atom is -0.306 e. The number of carbonyl (C=O) groups is 1. The number of rotatable bonds is 3. The van der Waals surface area contributed by atoms with E-state index in [0.29, 0.717) is 12.1 Å². The lowest BCUT2D eigenvalue weighted by molar-refractivity contribution is 0.0987. The van der Waals surface area contributed by atoms with Gasteiger partial charge < -0.3 is 4.90 Å². The van der Waals surface area contributed by atoms with Crippen LogP contribution in [0.3, 0.4) is 0 Å². The number of hydrogen-bond donors (Lipinski definition) is 1. The number of anilines is 1. The summed E-state index contributed by atoms with van der Waals surface area (Å²) in [6, 6.07) is 6.20. The van der Waals surface area contributed by atoms with Crippen LogP contribution in [0.25, 0.3) is 0 Å². The average Bonchev–Trinajstić information content (AvgIpc) is 2.86. The van der Waals surface area contributed by atoms with Gasteiger partial charge in [0.15, 0.2) is 0 Å². The maximum absolute atomic E-state index is 13.6. The minimum atomic E-state index is -0.411. The number of nitrogens with one attached hydrogen (secondary N) is 1. The molecule has 1 N–H and O–H groups in total. The molecule has 17 heavy (non-hydrogen) atoms. The molecule has 1 aromatic carbocycles. The van der Waals surface area contributed by atoms with Crippen molar-refractivity contribution in [3.8, 4) is 0 Å². The van der Waals surface area contributed by atoms with Gasteiger partial charge in [0.1, 0.15) is 5.82 Å². The Labute approximate surface area is 98.1 Å². The molecule has 0 fully saturated rings. The summed E-state index contributed by atoms with van der Waals surface area (Å²) in [4.78, 5) is 13.5. The highest BCUT2D eigenvalue weighted by Crippen LogP contribution is 2.20. The minimum absolute atomic E-state index is 0.272. The van der Waals surface area contributed by atoms with Crippen LogP contribution in [-0.4, -0.2) is 22.6 Å². The molecule has 0 aliphatic heterocycles. The summed E-state index contributed by atoms with van der Waals surface area (Å²) in [5.41, 5.74) is 0.691. The Morgan fingerprint density at radius 3 is 2.82 bits per heavy atom. The van der Waals surface area contributed by atoms with Crippen molar-refractivity contribution in [1.82, 2.24) is 10.2 Å². The fourth-order valence-electron chi connectivity index (χ4n) is 1.62. The summed E-state index contributed by atoms with van der Waals surface area (Å²) in [7, 11) is 0. The van der Waals surface area contributed by atoms with E-state index >= 15 is 0 Å². The van der Waals surface area contributed by atoms with E-state index in [2.05, 4.69) is 10.2 Å². The summed E-state index contributed by atoms with van der Waals surface area (Å²) >= 11 is 0. The van der Waals surface area contributed by atoms with Crippen LogP contribution in [0.5, 0.6) is 0 Å². The van der Waals surface area contributed by atoms with Crippen molar-refractivity contribution in [2.24, 2.45) is 0 Å². The van der Waals surface area contributed by atoms with Gasteiger partial charge in [0.2, 0.25) is 0 Å². The fourth-order valence-corrected chi connectivity index (χ4v) is 1.62. The molecule has 0 aliphatic rings. The van der Waals surface area contributed by atoms with Crippen molar-refractivity contribution in [3.63, 3.8) is 0 Å². The predicted molar refractivity (Wildman–Crippen MR) is 62.3 cm³/mol. The van der Waals surface area contributed by atoms with Gasteiger partial charge >= 0.3 is 0 Å². The molecule has 0 bridgehead atoms. The lowest BCUT2D eigenvalue weighted by Gasteiger charge is -2.20. The molecular formula is C12H12FN3O. The summed E-state index contributed by atoms with van der Waals surface area (Å²) in [6.07, 6.45) is 2.91. The van der Waals surface area contributed by atoms with E-state index in [1.807, 2.05) is 0 Å². The monoisotopic (exact) mass is 233 g/mol. The molecule has 4 nitrogen and oxygen atoms in total. The molecule has 88 valence electrons. The number of hydrogen-bond acceptors (Lipinski definition) is 2. The van der Waals surface area contributed by atoms with E-state index in [4.69, 9.17) is 0 Å². The van der Waals surface area contributed by atoms with Gasteiger partial charge in [-0.05, 0) is 19.1 Å². The zero-order valence-electron chi connectivity index (χ0n) is 9.35. The highest BCUT2D eigenvalue weighted by molar-refractivity contribution is 6.05. The van der Waals surface area contributed by atoms with Gasteiger partial charge in [-0.1, -0.05) is 12.1 Å². The molecule has 0 spiro atoms. The third-order valence-electron chi connectivity index (χ3n) is 2.45. The van der Waals surface area contributed by atoms with Gasteiger partial charge in [0.05, 0.1) is 17.4 Å². The summed E-state index contributed by atoms with van der Waals surface area (Å²) in [6.45, 7) is 2.19. The molecule has 5 heteroatoms. The van der Waals surface area contributed by atoms with E-state index in [0.717, 1.165) is 0 Å². The number of carbonyl (C=O) groups excluding carboxylic acids is 1. The summed E-state index contributed by atoms with van der Waals surface area (Å²) in [5.74, 6) is -0.683. The van der Waals surface area contributed by atoms with Crippen LogP contribution in [0.1, 0.15) is 17.3 Å². The predicted octanol–water partition coefficient (Wildman–Crippen LogP) is 2.22. The Kier molecular flexibility index (Phi) is 3.18. The first-order chi connectivity index (χ1) is 8.24. The highest BCUT2D eigenvalue weighted by Gasteiger charge is 2.19. The third kappa shape index (κ3) is 2.18. The number of halogens is 1. The quantitative estimate of drug-likeness (QED) is 0.883. The van der Waals surface area contributed by atoms with Gasteiger partial charge in [-0.15, -0.1) is 0 Å². The number of nitrogens with zero attached hydrogens (tertiary/aromatic N) is 2. The first-order valence-corrected chi connectivity index (χ1v) is 5.29. The summed E-state index contributed by atoms with van der Waals surface area (Å²) in [5, 5.41) is 6.27. The number of para-hydroxylation sites is 1. The first kappa shape index (κ1) is 11.3. The van der Waals surface area contributed by atoms with Gasteiger partial charge in [-0.25, -0.2) is 4.39 Å². The third-order valence-corrected chi connectivity index (χ3v) is 2.45. The van der Waals surface area contributed by atoms with Crippen LogP contribution < -0.4 is 4.90 Å². The van der Waals surface area contributed by atoms with E-state index in [1.165, 1.54) is 23.4 Å². The molecule has 2 rings (SSSR count). The van der Waals surface area contributed by atoms with Gasteiger partial charge in [-0.3, -0.25) is 9.89 Å². The van der Waals surface area contributed by atoms with Crippen molar-refractivity contribution in [1.29, 1.82) is 0 Å². The van der Waals surface area contributed by atoms with Crippen molar-refractivity contribution >= 4 is 11.6 Å². The Morgan fingerprint density at radius 2 is 2.24 bits per heavy atom. The smallest absolute Gasteiger partial charge is 0.261 e. The average molecular weight is 233 g/mol. The molecule has 0 atom stereocenters. The fraction of sp³-hybridized carbons (Fsp3) is 0.167. The van der Waals surface area contributed by atoms with E-state index < -0.39 is 5.82 Å². The Balaban J connectivity index is 2.35.